The molecule has 19 heavy (non-hydrogen) atoms. The molecule has 1 N–H and O–H groups in total. The molecule has 0 saturated heterocycles. The van der Waals surface area contributed by atoms with Gasteiger partial charge in [0, 0.05) is 5.02 Å². The molecule has 4 heteroatoms. The van der Waals surface area contributed by atoms with Crippen molar-refractivity contribution in [1.82, 2.24) is 0 Å². The number of nitrogens with zero attached hydrogens (tertiary/aromatic N) is 1. The van der Waals surface area contributed by atoms with E-state index >= 15 is 0 Å². The van der Waals surface area contributed by atoms with E-state index in [1.54, 1.807) is 12.1 Å². The van der Waals surface area contributed by atoms with Crippen LogP contribution in [0.4, 0.5) is 10.1 Å². The van der Waals surface area contributed by atoms with Crippen molar-refractivity contribution in [2.45, 2.75) is 13.3 Å². The summed E-state index contributed by atoms with van der Waals surface area (Å²) in [7, 11) is 0. The Morgan fingerprint density at radius 2 is 1.74 bits per heavy atom. The first-order valence-corrected chi connectivity index (χ1v) is 6.41. The summed E-state index contributed by atoms with van der Waals surface area (Å²) >= 11 is 5.86. The lowest BCUT2D eigenvalue weighted by atomic mass is 10.1. The highest BCUT2D eigenvalue weighted by molar-refractivity contribution is 6.30. The van der Waals surface area contributed by atoms with Crippen LogP contribution in [0.25, 0.3) is 0 Å². The highest BCUT2D eigenvalue weighted by Crippen LogP contribution is 2.13. The quantitative estimate of drug-likeness (QED) is 0.635. The molecule has 0 atom stereocenters. The van der Waals surface area contributed by atoms with E-state index in [1.165, 1.54) is 12.1 Å². The number of rotatable bonds is 4. The molecule has 2 nitrogen and oxygen atoms in total. The first-order chi connectivity index (χ1) is 9.19. The molecule has 0 amide bonds. The molecule has 0 saturated carbocycles. The Morgan fingerprint density at radius 3 is 2.32 bits per heavy atom. The summed E-state index contributed by atoms with van der Waals surface area (Å²) in [6, 6.07) is 13.6. The van der Waals surface area contributed by atoms with Gasteiger partial charge < -0.3 is 0 Å². The van der Waals surface area contributed by atoms with Crippen molar-refractivity contribution in [2.24, 2.45) is 5.10 Å². The molecular formula is C15H14ClFN2. The summed E-state index contributed by atoms with van der Waals surface area (Å²) in [5.74, 6) is -0.261. The average Bonchev–Trinajstić information content (AvgIpc) is 2.43. The van der Waals surface area contributed by atoms with Crippen molar-refractivity contribution in [3.63, 3.8) is 0 Å². The van der Waals surface area contributed by atoms with Gasteiger partial charge in [-0.05, 0) is 48.4 Å². The number of hydrogen-bond acceptors (Lipinski definition) is 2. The molecule has 0 aromatic heterocycles. The largest absolute Gasteiger partial charge is 0.278 e. The molecule has 0 spiro atoms. The molecule has 0 bridgehead atoms. The Morgan fingerprint density at radius 1 is 1.11 bits per heavy atom. The van der Waals surface area contributed by atoms with Gasteiger partial charge >= 0.3 is 0 Å². The van der Waals surface area contributed by atoms with Crippen LogP contribution in [0, 0.1) is 5.82 Å². The molecule has 0 aliphatic heterocycles. The Kier molecular flexibility index (Phi) is 4.53. The predicted octanol–water partition coefficient (Wildman–Crippen LogP) is 4.71. The topological polar surface area (TPSA) is 24.4 Å². The van der Waals surface area contributed by atoms with Gasteiger partial charge in [-0.1, -0.05) is 30.7 Å². The second-order valence-corrected chi connectivity index (χ2v) is 4.47. The van der Waals surface area contributed by atoms with Crippen molar-refractivity contribution in [3.05, 3.63) is 64.9 Å². The molecule has 98 valence electrons. The van der Waals surface area contributed by atoms with Crippen molar-refractivity contribution in [1.29, 1.82) is 0 Å². The summed E-state index contributed by atoms with van der Waals surface area (Å²) in [5, 5.41) is 5.04. The average molecular weight is 277 g/mol. The Hall–Kier alpha value is -1.87. The number of halogens is 2. The third-order valence-electron chi connectivity index (χ3n) is 2.68. The minimum absolute atomic E-state index is 0.261. The van der Waals surface area contributed by atoms with Gasteiger partial charge in [0.2, 0.25) is 0 Å². The van der Waals surface area contributed by atoms with Crippen LogP contribution in [0.2, 0.25) is 5.02 Å². The molecule has 0 heterocycles. The third kappa shape index (κ3) is 3.80. The fraction of sp³-hybridized carbons (Fsp3) is 0.133. The zero-order chi connectivity index (χ0) is 13.7. The van der Waals surface area contributed by atoms with Crippen LogP contribution in [0.15, 0.2) is 53.6 Å². The lowest BCUT2D eigenvalue weighted by Crippen LogP contribution is -2.03. The van der Waals surface area contributed by atoms with Gasteiger partial charge in [-0.25, -0.2) is 4.39 Å². The van der Waals surface area contributed by atoms with Crippen LogP contribution in [0.3, 0.4) is 0 Å². The van der Waals surface area contributed by atoms with Crippen LogP contribution >= 0.6 is 11.6 Å². The highest BCUT2D eigenvalue weighted by atomic mass is 35.5. The van der Waals surface area contributed by atoms with Crippen molar-refractivity contribution in [3.8, 4) is 0 Å². The van der Waals surface area contributed by atoms with Gasteiger partial charge in [-0.2, -0.15) is 5.10 Å². The minimum Gasteiger partial charge on any atom is -0.278 e. The van der Waals surface area contributed by atoms with Crippen LogP contribution < -0.4 is 5.43 Å². The first kappa shape index (κ1) is 13.6. The molecule has 0 aliphatic rings. The normalized spacial score (nSPS) is 11.4. The monoisotopic (exact) mass is 276 g/mol. The van der Waals surface area contributed by atoms with Crippen LogP contribution in [0.5, 0.6) is 0 Å². The maximum atomic E-state index is 12.8. The number of anilines is 1. The standard InChI is InChI=1S/C15H14ClFN2/c1-2-15(11-3-5-12(16)6-4-11)19-18-14-9-7-13(17)8-10-14/h3-10,18H,2H2,1H3/b19-15-. The lowest BCUT2D eigenvalue weighted by Gasteiger charge is -2.06. The number of nitrogens with one attached hydrogen (secondary N) is 1. The van der Waals surface area contributed by atoms with Crippen LogP contribution in [-0.4, -0.2) is 5.71 Å². The maximum Gasteiger partial charge on any atom is 0.123 e. The molecular weight excluding hydrogens is 263 g/mol. The van der Waals surface area contributed by atoms with Gasteiger partial charge in [0.05, 0.1) is 11.4 Å². The van der Waals surface area contributed by atoms with Crippen molar-refractivity contribution in [2.75, 3.05) is 5.43 Å². The summed E-state index contributed by atoms with van der Waals surface area (Å²) in [5.41, 5.74) is 5.61. The number of hydrazone groups is 1. The smallest absolute Gasteiger partial charge is 0.123 e. The molecule has 0 unspecified atom stereocenters. The van der Waals surface area contributed by atoms with E-state index in [9.17, 15) is 4.39 Å². The molecule has 0 radical (unpaired) electrons. The SMILES string of the molecule is CC/C(=N/Nc1ccc(F)cc1)c1ccc(Cl)cc1. The predicted molar refractivity (Wildman–Crippen MR) is 78.3 cm³/mol. The van der Waals surface area contributed by atoms with Crippen molar-refractivity contribution >= 4 is 23.0 Å². The van der Waals surface area contributed by atoms with Gasteiger partial charge in [0.1, 0.15) is 5.82 Å². The summed E-state index contributed by atoms with van der Waals surface area (Å²) in [6.45, 7) is 2.03. The van der Waals surface area contributed by atoms with Crippen LogP contribution in [0.1, 0.15) is 18.9 Å². The first-order valence-electron chi connectivity index (χ1n) is 6.03. The van der Waals surface area contributed by atoms with Gasteiger partial charge in [-0.3, -0.25) is 5.43 Å². The molecule has 2 aromatic rings. The van der Waals surface area contributed by atoms with E-state index in [1.807, 2.05) is 31.2 Å². The Balaban J connectivity index is 2.15. The third-order valence-corrected chi connectivity index (χ3v) is 2.93. The van der Waals surface area contributed by atoms with Gasteiger partial charge in [0.25, 0.3) is 0 Å². The Labute approximate surface area is 116 Å². The summed E-state index contributed by atoms with van der Waals surface area (Å²) in [6.07, 6.45) is 0.788. The molecule has 2 rings (SSSR count). The lowest BCUT2D eigenvalue weighted by molar-refractivity contribution is 0.628. The Bertz CT molecular complexity index is 562. The fourth-order valence-electron chi connectivity index (χ4n) is 1.65. The molecule has 0 aliphatic carbocycles. The van der Waals surface area contributed by atoms with Crippen molar-refractivity contribution < 1.29 is 4.39 Å². The number of hydrogen-bond donors (Lipinski definition) is 1. The van der Waals surface area contributed by atoms with E-state index in [4.69, 9.17) is 11.6 Å². The molecule has 2 aromatic carbocycles. The van der Waals surface area contributed by atoms with E-state index in [0.717, 1.165) is 23.4 Å². The summed E-state index contributed by atoms with van der Waals surface area (Å²) < 4.78 is 12.8. The van der Waals surface area contributed by atoms with Gasteiger partial charge in [0.15, 0.2) is 0 Å². The molecule has 0 fully saturated rings. The van der Waals surface area contributed by atoms with Crippen LogP contribution in [-0.2, 0) is 0 Å². The summed E-state index contributed by atoms with van der Waals surface area (Å²) in [4.78, 5) is 0. The minimum atomic E-state index is -0.261. The highest BCUT2D eigenvalue weighted by Gasteiger charge is 2.01. The van der Waals surface area contributed by atoms with E-state index in [-0.39, 0.29) is 5.82 Å². The second-order valence-electron chi connectivity index (χ2n) is 4.04. The fourth-order valence-corrected chi connectivity index (χ4v) is 1.77. The van der Waals surface area contributed by atoms with E-state index in [0.29, 0.717) is 5.02 Å². The van der Waals surface area contributed by atoms with E-state index < -0.39 is 0 Å². The maximum absolute atomic E-state index is 12.8. The number of benzene rings is 2. The van der Waals surface area contributed by atoms with Gasteiger partial charge in [-0.15, -0.1) is 0 Å². The zero-order valence-electron chi connectivity index (χ0n) is 10.5. The van der Waals surface area contributed by atoms with E-state index in [2.05, 4.69) is 10.5 Å². The zero-order valence-corrected chi connectivity index (χ0v) is 11.3. The second kappa shape index (κ2) is 6.34.